The smallest absolute Gasteiger partial charge is 0.305 e. The third-order valence-electron chi connectivity index (χ3n) is 2.86. The molecule has 1 amide bonds. The van der Waals surface area contributed by atoms with Gasteiger partial charge in [0.05, 0.1) is 12.7 Å². The Bertz CT molecular complexity index is 448. The zero-order chi connectivity index (χ0) is 18.9. The van der Waals surface area contributed by atoms with Crippen molar-refractivity contribution in [1.82, 2.24) is 5.32 Å². The van der Waals surface area contributed by atoms with Gasteiger partial charge in [-0.3, -0.25) is 19.2 Å². The fourth-order valence-electron chi connectivity index (χ4n) is 1.96. The molecular formula is C15H25NO8. The van der Waals surface area contributed by atoms with Gasteiger partial charge in [-0.05, 0) is 12.3 Å². The van der Waals surface area contributed by atoms with Crippen LogP contribution in [0.2, 0.25) is 0 Å². The number of esters is 3. The second kappa shape index (κ2) is 10.6. The van der Waals surface area contributed by atoms with Crippen molar-refractivity contribution < 1.29 is 38.5 Å². The maximum atomic E-state index is 11.4. The lowest BCUT2D eigenvalue weighted by atomic mass is 9.98. The Labute approximate surface area is 140 Å². The second-order valence-electron chi connectivity index (χ2n) is 5.52. The van der Waals surface area contributed by atoms with Gasteiger partial charge in [0.2, 0.25) is 5.91 Å². The van der Waals surface area contributed by atoms with Crippen LogP contribution in [0.3, 0.4) is 0 Å². The van der Waals surface area contributed by atoms with Crippen LogP contribution in [0.1, 0.15) is 41.0 Å². The van der Waals surface area contributed by atoms with Crippen LogP contribution >= 0.6 is 0 Å². The van der Waals surface area contributed by atoms with E-state index in [2.05, 4.69) is 5.32 Å². The molecule has 0 fully saturated rings. The molecule has 0 aliphatic carbocycles. The number of hydrogen-bond donors (Lipinski definition) is 2. The molecule has 2 N–H and O–H groups in total. The van der Waals surface area contributed by atoms with E-state index in [1.807, 2.05) is 0 Å². The highest BCUT2D eigenvalue weighted by Gasteiger charge is 2.35. The highest BCUT2D eigenvalue weighted by molar-refractivity contribution is 5.73. The Kier molecular flexibility index (Phi) is 9.63. The molecule has 24 heavy (non-hydrogen) atoms. The maximum absolute atomic E-state index is 11.4. The number of carbonyl (C=O) groups excluding carboxylic acids is 4. The number of aliphatic hydroxyl groups is 1. The fraction of sp³-hybridized carbons (Fsp3) is 0.733. The zero-order valence-corrected chi connectivity index (χ0v) is 14.5. The lowest BCUT2D eigenvalue weighted by molar-refractivity contribution is -0.196. The monoisotopic (exact) mass is 347 g/mol. The van der Waals surface area contributed by atoms with Gasteiger partial charge < -0.3 is 24.6 Å². The number of aliphatic hydroxyl groups excluding tert-OH is 1. The van der Waals surface area contributed by atoms with E-state index in [9.17, 15) is 24.3 Å². The van der Waals surface area contributed by atoms with Gasteiger partial charge in [-0.15, -0.1) is 0 Å². The van der Waals surface area contributed by atoms with E-state index in [1.165, 1.54) is 13.8 Å². The van der Waals surface area contributed by atoms with Crippen molar-refractivity contribution >= 4 is 23.8 Å². The number of rotatable bonds is 9. The predicted molar refractivity (Wildman–Crippen MR) is 81.3 cm³/mol. The molecule has 0 aromatic heterocycles. The summed E-state index contributed by atoms with van der Waals surface area (Å²) in [5.74, 6) is -2.67. The quantitative estimate of drug-likeness (QED) is 0.437. The van der Waals surface area contributed by atoms with E-state index >= 15 is 0 Å². The van der Waals surface area contributed by atoms with Gasteiger partial charge >= 0.3 is 17.9 Å². The highest BCUT2D eigenvalue weighted by Crippen LogP contribution is 2.15. The third kappa shape index (κ3) is 9.78. The molecule has 0 spiro atoms. The van der Waals surface area contributed by atoms with Gasteiger partial charge in [0.25, 0.3) is 6.29 Å². The summed E-state index contributed by atoms with van der Waals surface area (Å²) in [6.45, 7) is 6.49. The molecule has 9 nitrogen and oxygen atoms in total. The average Bonchev–Trinajstić information content (AvgIpc) is 2.40. The largest absolute Gasteiger partial charge is 0.466 e. The first-order valence-electron chi connectivity index (χ1n) is 7.45. The van der Waals surface area contributed by atoms with Gasteiger partial charge in [-0.1, -0.05) is 6.92 Å². The van der Waals surface area contributed by atoms with Crippen LogP contribution in [0.25, 0.3) is 0 Å². The van der Waals surface area contributed by atoms with Crippen molar-refractivity contribution in [2.45, 2.75) is 59.5 Å². The molecule has 0 heterocycles. The van der Waals surface area contributed by atoms with E-state index in [-0.39, 0.29) is 18.9 Å². The summed E-state index contributed by atoms with van der Waals surface area (Å²) in [5.41, 5.74) is 0. The van der Waals surface area contributed by atoms with E-state index in [0.717, 1.165) is 13.8 Å². The summed E-state index contributed by atoms with van der Waals surface area (Å²) in [7, 11) is 0. The molecule has 0 aromatic rings. The summed E-state index contributed by atoms with van der Waals surface area (Å²) < 4.78 is 14.6. The Morgan fingerprint density at radius 3 is 1.83 bits per heavy atom. The van der Waals surface area contributed by atoms with Crippen LogP contribution < -0.4 is 5.32 Å². The summed E-state index contributed by atoms with van der Waals surface area (Å²) in [5, 5.41) is 12.8. The van der Waals surface area contributed by atoms with Gasteiger partial charge in [-0.2, -0.15) is 0 Å². The second-order valence-corrected chi connectivity index (χ2v) is 5.52. The Morgan fingerprint density at radius 2 is 1.46 bits per heavy atom. The molecule has 0 aliphatic rings. The number of ether oxygens (including phenoxy) is 3. The summed E-state index contributed by atoms with van der Waals surface area (Å²) in [6, 6.07) is -1.16. The van der Waals surface area contributed by atoms with Crippen molar-refractivity contribution in [3.05, 3.63) is 0 Å². The van der Waals surface area contributed by atoms with E-state index < -0.39 is 42.3 Å². The van der Waals surface area contributed by atoms with E-state index in [1.54, 1.807) is 6.92 Å². The van der Waals surface area contributed by atoms with Gasteiger partial charge in [0.1, 0.15) is 6.04 Å². The molecule has 0 rings (SSSR count). The van der Waals surface area contributed by atoms with Gasteiger partial charge in [0.15, 0.2) is 0 Å². The standard InChI is InChI=1S/C15H25NO8/c1-8(7-22-10(3)18)6-13(21)14(16-9(2)17)15(23-11(4)19)24-12(5)20/h8,13-15,21H,6-7H2,1-5H3,(H,16,17). The average molecular weight is 347 g/mol. The van der Waals surface area contributed by atoms with Crippen LogP contribution in [-0.2, 0) is 33.4 Å². The minimum atomic E-state index is -1.47. The Balaban J connectivity index is 5.08. The Morgan fingerprint density at radius 1 is 0.958 bits per heavy atom. The minimum absolute atomic E-state index is 0.0744. The molecule has 0 saturated carbocycles. The Hall–Kier alpha value is -2.16. The zero-order valence-electron chi connectivity index (χ0n) is 14.5. The molecule has 0 bridgehead atoms. The van der Waals surface area contributed by atoms with Crippen molar-refractivity contribution in [2.24, 2.45) is 5.92 Å². The number of nitrogens with one attached hydrogen (secondary N) is 1. The van der Waals surface area contributed by atoms with Crippen LogP contribution in [0.4, 0.5) is 0 Å². The predicted octanol–water partition coefficient (Wildman–Crippen LogP) is -0.106. The molecular weight excluding hydrogens is 322 g/mol. The molecule has 0 aromatic carbocycles. The molecule has 3 unspecified atom stereocenters. The van der Waals surface area contributed by atoms with Gasteiger partial charge in [-0.25, -0.2) is 0 Å². The van der Waals surface area contributed by atoms with E-state index in [4.69, 9.17) is 14.2 Å². The minimum Gasteiger partial charge on any atom is -0.466 e. The molecule has 0 saturated heterocycles. The molecule has 0 aliphatic heterocycles. The van der Waals surface area contributed by atoms with Crippen LogP contribution in [0, 0.1) is 5.92 Å². The third-order valence-corrected chi connectivity index (χ3v) is 2.86. The van der Waals surface area contributed by atoms with Crippen molar-refractivity contribution in [3.63, 3.8) is 0 Å². The van der Waals surface area contributed by atoms with Crippen molar-refractivity contribution in [2.75, 3.05) is 6.61 Å². The lowest BCUT2D eigenvalue weighted by Crippen LogP contribution is -2.53. The van der Waals surface area contributed by atoms with E-state index in [0.29, 0.717) is 0 Å². The van der Waals surface area contributed by atoms with Crippen molar-refractivity contribution in [1.29, 1.82) is 0 Å². The number of carbonyl (C=O) groups is 4. The first-order valence-corrected chi connectivity index (χ1v) is 7.45. The number of hydrogen-bond acceptors (Lipinski definition) is 8. The van der Waals surface area contributed by atoms with Crippen molar-refractivity contribution in [3.8, 4) is 0 Å². The lowest BCUT2D eigenvalue weighted by Gasteiger charge is -2.31. The first kappa shape index (κ1) is 21.8. The first-order chi connectivity index (χ1) is 11.0. The fourth-order valence-corrected chi connectivity index (χ4v) is 1.96. The normalized spacial score (nSPS) is 14.3. The van der Waals surface area contributed by atoms with Crippen LogP contribution in [0.15, 0.2) is 0 Å². The van der Waals surface area contributed by atoms with Crippen LogP contribution in [0.5, 0.6) is 0 Å². The summed E-state index contributed by atoms with van der Waals surface area (Å²) in [6.07, 6.45) is -2.57. The molecule has 138 valence electrons. The molecule has 0 radical (unpaired) electrons. The topological polar surface area (TPSA) is 128 Å². The summed E-state index contributed by atoms with van der Waals surface area (Å²) >= 11 is 0. The SMILES string of the molecule is CC(=O)NC(C(O)CC(C)COC(C)=O)C(OC(C)=O)OC(C)=O. The maximum Gasteiger partial charge on any atom is 0.305 e. The number of amides is 1. The highest BCUT2D eigenvalue weighted by atomic mass is 16.7. The van der Waals surface area contributed by atoms with Crippen LogP contribution in [-0.4, -0.2) is 54.0 Å². The molecule has 9 heteroatoms. The summed E-state index contributed by atoms with van der Waals surface area (Å²) in [4.78, 5) is 44.5. The molecule has 3 atom stereocenters. The van der Waals surface area contributed by atoms with Gasteiger partial charge in [0, 0.05) is 27.7 Å².